The van der Waals surface area contributed by atoms with Gasteiger partial charge in [0.25, 0.3) is 0 Å². The fourth-order valence-corrected chi connectivity index (χ4v) is 5.10. The molecule has 4 rings (SSSR count). The Morgan fingerprint density at radius 2 is 1.44 bits per heavy atom. The van der Waals surface area contributed by atoms with Gasteiger partial charge < -0.3 is 4.90 Å². The Bertz CT molecular complexity index is 1220. The van der Waals surface area contributed by atoms with Crippen LogP contribution in [0.2, 0.25) is 0 Å². The zero-order valence-corrected chi connectivity index (χ0v) is 18.6. The molecule has 3 aromatic rings. The van der Waals surface area contributed by atoms with E-state index in [1.165, 1.54) is 23.8 Å². The maximum atomic E-state index is 13.0. The van der Waals surface area contributed by atoms with Crippen LogP contribution in [-0.2, 0) is 16.4 Å². The van der Waals surface area contributed by atoms with Crippen LogP contribution in [0.4, 0.5) is 5.69 Å². The van der Waals surface area contributed by atoms with Crippen molar-refractivity contribution in [3.05, 3.63) is 101 Å². The van der Waals surface area contributed by atoms with Crippen LogP contribution >= 0.6 is 0 Å². The van der Waals surface area contributed by atoms with E-state index < -0.39 is 9.84 Å². The van der Waals surface area contributed by atoms with Crippen molar-refractivity contribution in [1.29, 1.82) is 5.26 Å². The van der Waals surface area contributed by atoms with Gasteiger partial charge in [-0.1, -0.05) is 66.7 Å². The lowest BCUT2D eigenvalue weighted by Gasteiger charge is -2.36. The molecule has 162 valence electrons. The van der Waals surface area contributed by atoms with E-state index in [2.05, 4.69) is 34.1 Å². The number of hydrogen-bond donors (Lipinski definition) is 0. The van der Waals surface area contributed by atoms with E-state index in [0.717, 1.165) is 44.0 Å². The molecule has 1 saturated heterocycles. The van der Waals surface area contributed by atoms with Crippen LogP contribution in [0.1, 0.15) is 11.1 Å². The average Bonchev–Trinajstić information content (AvgIpc) is 2.84. The molecule has 6 heteroatoms. The predicted molar refractivity (Wildman–Crippen MR) is 128 cm³/mol. The molecule has 1 fully saturated rings. The molecule has 0 saturated carbocycles. The number of sulfone groups is 1. The van der Waals surface area contributed by atoms with Crippen LogP contribution < -0.4 is 4.90 Å². The number of hydrogen-bond acceptors (Lipinski definition) is 5. The Kier molecular flexibility index (Phi) is 6.69. The summed E-state index contributed by atoms with van der Waals surface area (Å²) in [7, 11) is -3.87. The fraction of sp³-hybridized carbons (Fsp3) is 0.192. The number of nitriles is 1. The van der Waals surface area contributed by atoms with Crippen LogP contribution in [0.25, 0.3) is 6.08 Å². The zero-order valence-electron chi connectivity index (χ0n) is 17.8. The van der Waals surface area contributed by atoms with E-state index in [-0.39, 0.29) is 9.80 Å². The molecule has 32 heavy (non-hydrogen) atoms. The zero-order chi connectivity index (χ0) is 22.4. The smallest absolute Gasteiger partial charge is 0.216 e. The normalized spacial score (nSPS) is 15.3. The van der Waals surface area contributed by atoms with Crippen LogP contribution in [0.15, 0.2) is 94.7 Å². The third kappa shape index (κ3) is 4.91. The number of rotatable bonds is 6. The molecule has 0 amide bonds. The van der Waals surface area contributed by atoms with Gasteiger partial charge in [0.15, 0.2) is 0 Å². The first-order chi connectivity index (χ1) is 15.6. The molecule has 0 radical (unpaired) electrons. The summed E-state index contributed by atoms with van der Waals surface area (Å²) in [6.07, 6.45) is 1.49. The molecule has 3 aromatic carbocycles. The summed E-state index contributed by atoms with van der Waals surface area (Å²) in [5.74, 6) is 0. The predicted octanol–water partition coefficient (Wildman–Crippen LogP) is 4.35. The van der Waals surface area contributed by atoms with Crippen molar-refractivity contribution in [1.82, 2.24) is 4.90 Å². The molecule has 1 aliphatic rings. The second-order valence-electron chi connectivity index (χ2n) is 7.74. The molecule has 0 aliphatic carbocycles. The summed E-state index contributed by atoms with van der Waals surface area (Å²) in [6.45, 7) is 4.43. The van der Waals surface area contributed by atoms with Gasteiger partial charge in [0.05, 0.1) is 4.90 Å². The Balaban J connectivity index is 1.54. The number of allylic oxidation sites excluding steroid dienone is 1. The highest BCUT2D eigenvalue weighted by Crippen LogP contribution is 2.27. The molecule has 0 aromatic heterocycles. The average molecular weight is 444 g/mol. The summed E-state index contributed by atoms with van der Waals surface area (Å²) in [5.41, 5.74) is 2.98. The summed E-state index contributed by atoms with van der Waals surface area (Å²) in [6, 6.07) is 28.1. The molecule has 0 unspecified atom stereocenters. The number of anilines is 1. The molecule has 0 bridgehead atoms. The molecule has 0 atom stereocenters. The van der Waals surface area contributed by atoms with Gasteiger partial charge in [0, 0.05) is 38.4 Å². The third-order valence-electron chi connectivity index (χ3n) is 5.64. The highest BCUT2D eigenvalue weighted by atomic mass is 32.2. The van der Waals surface area contributed by atoms with Gasteiger partial charge in [-0.2, -0.15) is 5.26 Å². The van der Waals surface area contributed by atoms with Gasteiger partial charge in [-0.3, -0.25) is 4.90 Å². The minimum absolute atomic E-state index is 0.125. The number of piperazine rings is 1. The van der Waals surface area contributed by atoms with Crippen molar-refractivity contribution in [2.75, 3.05) is 31.1 Å². The second-order valence-corrected chi connectivity index (χ2v) is 9.66. The van der Waals surface area contributed by atoms with Crippen molar-refractivity contribution < 1.29 is 8.42 Å². The van der Waals surface area contributed by atoms with Gasteiger partial charge in [0.2, 0.25) is 9.84 Å². The number of benzene rings is 3. The van der Waals surface area contributed by atoms with Crippen molar-refractivity contribution in [2.24, 2.45) is 0 Å². The third-order valence-corrected chi connectivity index (χ3v) is 7.32. The maximum absolute atomic E-state index is 13.0. The fourth-order valence-electron chi connectivity index (χ4n) is 3.92. The molecule has 1 heterocycles. The Hall–Kier alpha value is -3.40. The standard InChI is InChI=1S/C26H25N3O2S/c27-20-25(32(30,31)24-12-5-2-6-13-24)19-23-11-7-8-14-26(23)29-17-15-28(16-18-29)21-22-9-3-1-4-10-22/h1-14,19H,15-18,21H2/b25-19-. The Labute approximate surface area is 189 Å². The minimum atomic E-state index is -3.87. The minimum Gasteiger partial charge on any atom is -0.368 e. The van der Waals surface area contributed by atoms with Crippen LogP contribution in [0, 0.1) is 11.3 Å². The van der Waals surface area contributed by atoms with E-state index in [1.54, 1.807) is 18.2 Å². The van der Waals surface area contributed by atoms with Crippen molar-refractivity contribution in [2.45, 2.75) is 11.4 Å². The SMILES string of the molecule is N#C/C(=C/c1ccccc1N1CCN(Cc2ccccc2)CC1)S(=O)(=O)c1ccccc1. The number of para-hydroxylation sites is 1. The second kappa shape index (κ2) is 9.82. The van der Waals surface area contributed by atoms with Gasteiger partial charge in [-0.15, -0.1) is 0 Å². The molecule has 5 nitrogen and oxygen atoms in total. The topological polar surface area (TPSA) is 64.4 Å². The molecule has 0 N–H and O–H groups in total. The lowest BCUT2D eigenvalue weighted by Crippen LogP contribution is -2.46. The Morgan fingerprint density at radius 1 is 0.844 bits per heavy atom. The molecule has 1 aliphatic heterocycles. The largest absolute Gasteiger partial charge is 0.368 e. The van der Waals surface area contributed by atoms with Crippen LogP contribution in [-0.4, -0.2) is 39.5 Å². The van der Waals surface area contributed by atoms with Gasteiger partial charge >= 0.3 is 0 Å². The monoisotopic (exact) mass is 443 g/mol. The highest BCUT2D eigenvalue weighted by molar-refractivity contribution is 7.95. The summed E-state index contributed by atoms with van der Waals surface area (Å²) < 4.78 is 25.9. The lowest BCUT2D eigenvalue weighted by atomic mass is 10.1. The summed E-state index contributed by atoms with van der Waals surface area (Å²) >= 11 is 0. The van der Waals surface area contributed by atoms with E-state index in [4.69, 9.17) is 0 Å². The van der Waals surface area contributed by atoms with E-state index in [9.17, 15) is 13.7 Å². The molecular weight excluding hydrogens is 418 g/mol. The first-order valence-corrected chi connectivity index (χ1v) is 12.1. The molecule has 0 spiro atoms. The molecular formula is C26H25N3O2S. The van der Waals surface area contributed by atoms with Crippen LogP contribution in [0.5, 0.6) is 0 Å². The number of nitrogens with zero attached hydrogens (tertiary/aromatic N) is 3. The Morgan fingerprint density at radius 3 is 2.09 bits per heavy atom. The first kappa shape index (κ1) is 21.8. The van der Waals surface area contributed by atoms with Gasteiger partial charge in [0.1, 0.15) is 11.0 Å². The van der Waals surface area contributed by atoms with E-state index >= 15 is 0 Å². The lowest BCUT2D eigenvalue weighted by molar-refractivity contribution is 0.250. The van der Waals surface area contributed by atoms with Crippen molar-refractivity contribution in [3.63, 3.8) is 0 Å². The van der Waals surface area contributed by atoms with Gasteiger partial charge in [-0.25, -0.2) is 8.42 Å². The van der Waals surface area contributed by atoms with Crippen molar-refractivity contribution in [3.8, 4) is 6.07 Å². The van der Waals surface area contributed by atoms with Gasteiger partial charge in [-0.05, 0) is 35.4 Å². The highest BCUT2D eigenvalue weighted by Gasteiger charge is 2.23. The maximum Gasteiger partial charge on any atom is 0.216 e. The van der Waals surface area contributed by atoms with Crippen molar-refractivity contribution >= 4 is 21.6 Å². The first-order valence-electron chi connectivity index (χ1n) is 10.6. The van der Waals surface area contributed by atoms with Crippen LogP contribution in [0.3, 0.4) is 0 Å². The summed E-state index contributed by atoms with van der Waals surface area (Å²) in [4.78, 5) is 4.56. The van der Waals surface area contributed by atoms with E-state index in [0.29, 0.717) is 0 Å². The van der Waals surface area contributed by atoms with E-state index in [1.807, 2.05) is 36.4 Å². The summed E-state index contributed by atoms with van der Waals surface area (Å²) in [5, 5.41) is 9.64. The quantitative estimate of drug-likeness (QED) is 0.530.